The highest BCUT2D eigenvalue weighted by atomic mass is 32.1. The molecule has 6 nitrogen and oxygen atoms in total. The van der Waals surface area contributed by atoms with Crippen LogP contribution in [0.15, 0.2) is 70.6 Å². The van der Waals surface area contributed by atoms with Crippen LogP contribution in [0.3, 0.4) is 0 Å². The summed E-state index contributed by atoms with van der Waals surface area (Å²) < 4.78 is 12.5. The molecule has 2 heterocycles. The fourth-order valence-corrected chi connectivity index (χ4v) is 4.73. The number of rotatable bonds is 6. The predicted octanol–water partition coefficient (Wildman–Crippen LogP) is 6.42. The third-order valence-electron chi connectivity index (χ3n) is 4.75. The highest BCUT2D eigenvalue weighted by molar-refractivity contribution is 7.23. The summed E-state index contributed by atoms with van der Waals surface area (Å²) in [6.07, 6.45) is 3.62. The van der Waals surface area contributed by atoms with Crippen molar-refractivity contribution in [1.29, 1.82) is 0 Å². The molecule has 0 bridgehead atoms. The summed E-state index contributed by atoms with van der Waals surface area (Å²) in [5, 5.41) is 1.43. The van der Waals surface area contributed by atoms with Crippen LogP contribution in [0.5, 0.6) is 11.5 Å². The van der Waals surface area contributed by atoms with Gasteiger partial charge in [-0.15, -0.1) is 0 Å². The Kier molecular flexibility index (Phi) is 5.62. The Labute approximate surface area is 192 Å². The molecule has 2 aromatic heterocycles. The van der Waals surface area contributed by atoms with Crippen LogP contribution < -0.4 is 9.47 Å². The maximum absolute atomic E-state index is 5.18. The number of methoxy groups -OCH3 is 2. The van der Waals surface area contributed by atoms with Gasteiger partial charge in [0.1, 0.15) is 11.5 Å². The molecule has 0 atom stereocenters. The molecule has 5 aromatic rings. The number of ether oxygens (including phenoxy) is 2. The highest BCUT2D eigenvalue weighted by Gasteiger charge is 2.09. The molecule has 0 fully saturated rings. The molecule has 0 unspecified atom stereocenters. The lowest BCUT2D eigenvalue weighted by Crippen LogP contribution is -1.84. The first kappa shape index (κ1) is 20.3. The van der Waals surface area contributed by atoms with Crippen LogP contribution in [0.2, 0.25) is 0 Å². The average Bonchev–Trinajstić information content (AvgIpc) is 3.42. The first-order chi connectivity index (χ1) is 15.7. The molecule has 8 heteroatoms. The summed E-state index contributed by atoms with van der Waals surface area (Å²) in [6, 6.07) is 19.6. The van der Waals surface area contributed by atoms with E-state index in [0.29, 0.717) is 10.3 Å². The normalized spacial score (nSPS) is 11.8. The number of benzene rings is 3. The molecule has 0 spiro atoms. The molecule has 5 rings (SSSR count). The third kappa shape index (κ3) is 4.37. The Bertz CT molecular complexity index is 1280. The summed E-state index contributed by atoms with van der Waals surface area (Å²) in [6.45, 7) is 0. The van der Waals surface area contributed by atoms with Gasteiger partial charge in [-0.05, 0) is 71.8 Å². The molecule has 0 saturated heterocycles. The third-order valence-corrected chi connectivity index (χ3v) is 6.61. The first-order valence-corrected chi connectivity index (χ1v) is 11.4. The van der Waals surface area contributed by atoms with Crippen molar-refractivity contribution < 1.29 is 9.47 Å². The number of aromatic nitrogens is 2. The molecular weight excluding hydrogens is 440 g/mol. The molecule has 0 aliphatic carbocycles. The Hall–Kier alpha value is -3.62. The SMILES string of the molecule is COc1ccc(/C=N/c2nc3cc4sc(/N=C/c5ccc(OC)cc5)nc4cc3s2)cc1. The summed E-state index contributed by atoms with van der Waals surface area (Å²) in [5.41, 5.74) is 3.82. The second kappa shape index (κ2) is 8.86. The van der Waals surface area contributed by atoms with Gasteiger partial charge in [0.25, 0.3) is 0 Å². The van der Waals surface area contributed by atoms with E-state index in [0.717, 1.165) is 43.1 Å². The molecule has 158 valence electrons. The Balaban J connectivity index is 1.36. The van der Waals surface area contributed by atoms with Gasteiger partial charge < -0.3 is 9.47 Å². The minimum Gasteiger partial charge on any atom is -0.497 e. The number of hydrogen-bond acceptors (Lipinski definition) is 8. The molecule has 32 heavy (non-hydrogen) atoms. The smallest absolute Gasteiger partial charge is 0.210 e. The van der Waals surface area contributed by atoms with Crippen molar-refractivity contribution in [2.24, 2.45) is 9.98 Å². The van der Waals surface area contributed by atoms with Gasteiger partial charge in [-0.3, -0.25) is 0 Å². The minimum atomic E-state index is 0.714. The predicted molar refractivity (Wildman–Crippen MR) is 133 cm³/mol. The number of nitrogens with zero attached hydrogens (tertiary/aromatic N) is 4. The summed E-state index contributed by atoms with van der Waals surface area (Å²) in [7, 11) is 3.31. The zero-order chi connectivity index (χ0) is 21.9. The molecule has 0 aliphatic heterocycles. The molecule has 0 radical (unpaired) electrons. The van der Waals surface area contributed by atoms with Crippen molar-refractivity contribution in [3.63, 3.8) is 0 Å². The highest BCUT2D eigenvalue weighted by Crippen LogP contribution is 2.35. The number of aliphatic imine (C=N–C) groups is 2. The lowest BCUT2D eigenvalue weighted by atomic mass is 10.2. The molecule has 0 aliphatic rings. The van der Waals surface area contributed by atoms with Crippen molar-refractivity contribution in [3.8, 4) is 11.5 Å². The number of fused-ring (bicyclic) bond motifs is 2. The fourth-order valence-electron chi connectivity index (χ4n) is 3.08. The van der Waals surface area contributed by atoms with Crippen LogP contribution in [-0.2, 0) is 0 Å². The van der Waals surface area contributed by atoms with Crippen molar-refractivity contribution in [2.75, 3.05) is 14.2 Å². The van der Waals surface area contributed by atoms with Crippen LogP contribution in [0, 0.1) is 0 Å². The molecule has 3 aromatic carbocycles. The van der Waals surface area contributed by atoms with Gasteiger partial charge >= 0.3 is 0 Å². The zero-order valence-corrected chi connectivity index (χ0v) is 19.0. The van der Waals surface area contributed by atoms with Crippen LogP contribution in [-0.4, -0.2) is 36.6 Å². The van der Waals surface area contributed by atoms with E-state index in [4.69, 9.17) is 9.47 Å². The van der Waals surface area contributed by atoms with Crippen LogP contribution >= 0.6 is 22.7 Å². The topological polar surface area (TPSA) is 69.0 Å². The summed E-state index contributed by atoms with van der Waals surface area (Å²) in [5.74, 6) is 1.64. The Morgan fingerprint density at radius 3 is 1.44 bits per heavy atom. The van der Waals surface area contributed by atoms with Crippen molar-refractivity contribution in [3.05, 3.63) is 71.8 Å². The maximum Gasteiger partial charge on any atom is 0.210 e. The van der Waals surface area contributed by atoms with E-state index in [-0.39, 0.29) is 0 Å². The van der Waals surface area contributed by atoms with Gasteiger partial charge in [-0.2, -0.15) is 0 Å². The van der Waals surface area contributed by atoms with Crippen LogP contribution in [0.1, 0.15) is 11.1 Å². The van der Waals surface area contributed by atoms with Crippen molar-refractivity contribution >= 4 is 65.8 Å². The summed E-state index contributed by atoms with van der Waals surface area (Å²) in [4.78, 5) is 18.4. The largest absolute Gasteiger partial charge is 0.497 e. The second-order valence-corrected chi connectivity index (χ2v) is 8.86. The number of hydrogen-bond donors (Lipinski definition) is 0. The molecular formula is C24H18N4O2S2. The van der Waals surface area contributed by atoms with Gasteiger partial charge in [-0.25, -0.2) is 20.0 Å². The molecule has 0 N–H and O–H groups in total. The van der Waals surface area contributed by atoms with E-state index in [1.807, 2.05) is 61.0 Å². The summed E-state index contributed by atoms with van der Waals surface area (Å²) >= 11 is 3.09. The maximum atomic E-state index is 5.18. The van der Waals surface area contributed by atoms with E-state index >= 15 is 0 Å². The van der Waals surface area contributed by atoms with E-state index < -0.39 is 0 Å². The van der Waals surface area contributed by atoms with Crippen molar-refractivity contribution in [1.82, 2.24) is 9.97 Å². The first-order valence-electron chi connectivity index (χ1n) is 9.77. The standard InChI is InChI=1S/C24H18N4O2S2/c1-29-17-7-3-15(4-8-17)13-25-23-27-19-11-22-20(12-21(19)31-23)28-24(32-22)26-14-16-5-9-18(30-2)10-6-16/h3-14H,1-2H3/b25-13+,26-14+. The lowest BCUT2D eigenvalue weighted by Gasteiger charge is -1.98. The minimum absolute atomic E-state index is 0.714. The fraction of sp³-hybridized carbons (Fsp3) is 0.0833. The van der Waals surface area contributed by atoms with Gasteiger partial charge in [0.2, 0.25) is 10.3 Å². The monoisotopic (exact) mass is 458 g/mol. The quantitative estimate of drug-likeness (QED) is 0.275. The zero-order valence-electron chi connectivity index (χ0n) is 17.4. The molecule has 0 saturated carbocycles. The van der Waals surface area contributed by atoms with Crippen LogP contribution in [0.4, 0.5) is 10.3 Å². The molecule has 0 amide bonds. The van der Waals surface area contributed by atoms with E-state index in [9.17, 15) is 0 Å². The van der Waals surface area contributed by atoms with Crippen LogP contribution in [0.25, 0.3) is 20.4 Å². The van der Waals surface area contributed by atoms with Gasteiger partial charge in [0.05, 0.1) is 34.7 Å². The Morgan fingerprint density at radius 2 is 1.06 bits per heavy atom. The van der Waals surface area contributed by atoms with Gasteiger partial charge in [-0.1, -0.05) is 22.7 Å². The van der Waals surface area contributed by atoms with E-state index in [1.165, 1.54) is 0 Å². The van der Waals surface area contributed by atoms with Crippen molar-refractivity contribution in [2.45, 2.75) is 0 Å². The van der Waals surface area contributed by atoms with Gasteiger partial charge in [0, 0.05) is 12.4 Å². The van der Waals surface area contributed by atoms with Gasteiger partial charge in [0.15, 0.2) is 0 Å². The van der Waals surface area contributed by atoms with E-state index in [1.54, 1.807) is 36.9 Å². The average molecular weight is 459 g/mol. The van der Waals surface area contributed by atoms with E-state index in [2.05, 4.69) is 32.1 Å². The lowest BCUT2D eigenvalue weighted by molar-refractivity contribution is 0.414. The number of thiazole rings is 2. The Morgan fingerprint density at radius 1 is 0.656 bits per heavy atom. The second-order valence-electron chi connectivity index (χ2n) is 6.84.